The highest BCUT2D eigenvalue weighted by molar-refractivity contribution is 8.00. The number of hydrogen-bond donors (Lipinski definition) is 2. The third kappa shape index (κ3) is 4.42. The van der Waals surface area contributed by atoms with Crippen molar-refractivity contribution in [2.24, 2.45) is 0 Å². The van der Waals surface area contributed by atoms with Crippen LogP contribution >= 0.6 is 11.8 Å². The summed E-state index contributed by atoms with van der Waals surface area (Å²) in [7, 11) is 0. The van der Waals surface area contributed by atoms with Gasteiger partial charge in [-0.2, -0.15) is 0 Å². The van der Waals surface area contributed by atoms with Crippen LogP contribution in [0.3, 0.4) is 0 Å². The number of rotatable bonds is 4. The number of aryl methyl sites for hydroxylation is 1. The number of nitrogens with zero attached hydrogens (tertiary/aromatic N) is 1. The van der Waals surface area contributed by atoms with E-state index in [1.54, 1.807) is 4.90 Å². The maximum absolute atomic E-state index is 12.4. The van der Waals surface area contributed by atoms with E-state index in [9.17, 15) is 14.4 Å². The number of amides is 1. The molecule has 0 unspecified atom stereocenters. The van der Waals surface area contributed by atoms with Gasteiger partial charge in [-0.05, 0) is 31.4 Å². The summed E-state index contributed by atoms with van der Waals surface area (Å²) in [5.74, 6) is -0.0723. The molecule has 3 rings (SSSR count). The molecule has 1 saturated heterocycles. The summed E-state index contributed by atoms with van der Waals surface area (Å²) in [6.07, 6.45) is 3.21. The van der Waals surface area contributed by atoms with Crippen molar-refractivity contribution < 1.29 is 4.79 Å². The molecule has 6 nitrogen and oxygen atoms in total. The number of hydrogen-bond acceptors (Lipinski definition) is 4. The van der Waals surface area contributed by atoms with Gasteiger partial charge in [-0.3, -0.25) is 14.6 Å². The average molecular weight is 359 g/mol. The SMILES string of the molecule is Cc1ccccc1SC1CCN(C(=O)Cc2c[nH]c(=O)[nH]c2=O)CC1. The number of nitrogens with one attached hydrogen (secondary N) is 2. The molecule has 0 saturated carbocycles. The van der Waals surface area contributed by atoms with E-state index >= 15 is 0 Å². The fourth-order valence-electron chi connectivity index (χ4n) is 2.93. The van der Waals surface area contributed by atoms with Crippen LogP contribution in [0.4, 0.5) is 0 Å². The predicted molar refractivity (Wildman–Crippen MR) is 98.0 cm³/mol. The monoisotopic (exact) mass is 359 g/mol. The number of thioether (sulfide) groups is 1. The van der Waals surface area contributed by atoms with E-state index in [0.717, 1.165) is 12.8 Å². The molecule has 0 bridgehead atoms. The van der Waals surface area contributed by atoms with E-state index in [0.29, 0.717) is 23.9 Å². The number of carbonyl (C=O) groups excluding carboxylic acids is 1. The molecule has 1 aromatic heterocycles. The molecular formula is C18H21N3O3S. The predicted octanol–water partition coefficient (Wildman–Crippen LogP) is 1.70. The Morgan fingerprint density at radius 3 is 2.64 bits per heavy atom. The molecule has 1 amide bonds. The number of H-pyrrole nitrogens is 2. The second kappa shape index (κ2) is 7.74. The number of likely N-dealkylation sites (tertiary alicyclic amines) is 1. The molecule has 2 N–H and O–H groups in total. The highest BCUT2D eigenvalue weighted by Crippen LogP contribution is 2.32. The number of carbonyl (C=O) groups is 1. The van der Waals surface area contributed by atoms with Gasteiger partial charge in [-0.1, -0.05) is 18.2 Å². The lowest BCUT2D eigenvalue weighted by Gasteiger charge is -2.32. The number of aromatic nitrogens is 2. The van der Waals surface area contributed by atoms with E-state index in [1.807, 2.05) is 17.8 Å². The van der Waals surface area contributed by atoms with Gasteiger partial charge in [0.05, 0.1) is 6.42 Å². The summed E-state index contributed by atoms with van der Waals surface area (Å²) < 4.78 is 0. The first-order valence-electron chi connectivity index (χ1n) is 8.34. The summed E-state index contributed by atoms with van der Waals surface area (Å²) in [5.41, 5.74) is 0.515. The van der Waals surface area contributed by atoms with Gasteiger partial charge < -0.3 is 9.88 Å². The van der Waals surface area contributed by atoms with Crippen molar-refractivity contribution in [1.29, 1.82) is 0 Å². The van der Waals surface area contributed by atoms with Crippen LogP contribution in [0.25, 0.3) is 0 Å². The molecule has 1 fully saturated rings. The highest BCUT2D eigenvalue weighted by atomic mass is 32.2. The van der Waals surface area contributed by atoms with Crippen LogP contribution in [-0.4, -0.2) is 39.1 Å². The summed E-state index contributed by atoms with van der Waals surface area (Å²) in [4.78, 5) is 42.8. The minimum absolute atomic E-state index is 0.0156. The Labute approximate surface area is 149 Å². The molecule has 0 atom stereocenters. The van der Waals surface area contributed by atoms with Crippen molar-refractivity contribution in [2.75, 3.05) is 13.1 Å². The van der Waals surface area contributed by atoms with Crippen molar-refractivity contribution >= 4 is 17.7 Å². The van der Waals surface area contributed by atoms with Gasteiger partial charge >= 0.3 is 5.69 Å². The summed E-state index contributed by atoms with van der Waals surface area (Å²) in [5, 5.41) is 0.502. The summed E-state index contributed by atoms with van der Waals surface area (Å²) in [6, 6.07) is 8.34. The molecule has 1 aliphatic rings. The number of aromatic amines is 2. The standard InChI is InChI=1S/C18H21N3O3S/c1-12-4-2-3-5-15(12)25-14-6-8-21(9-7-14)16(22)10-13-11-19-18(24)20-17(13)23/h2-5,11,14H,6-10H2,1H3,(H2,19,20,23,24). The van der Waals surface area contributed by atoms with Crippen molar-refractivity contribution in [1.82, 2.24) is 14.9 Å². The molecule has 2 aromatic rings. The quantitative estimate of drug-likeness (QED) is 0.870. The topological polar surface area (TPSA) is 86.0 Å². The Morgan fingerprint density at radius 1 is 1.24 bits per heavy atom. The Morgan fingerprint density at radius 2 is 1.96 bits per heavy atom. The first-order chi connectivity index (χ1) is 12.0. The van der Waals surface area contributed by atoms with E-state index in [2.05, 4.69) is 35.1 Å². The molecule has 7 heteroatoms. The van der Waals surface area contributed by atoms with Gasteiger partial charge in [0.15, 0.2) is 0 Å². The maximum Gasteiger partial charge on any atom is 0.325 e. The molecule has 0 spiro atoms. The van der Waals surface area contributed by atoms with Crippen LogP contribution < -0.4 is 11.2 Å². The Hall–Kier alpha value is -2.28. The van der Waals surface area contributed by atoms with E-state index in [-0.39, 0.29) is 12.3 Å². The van der Waals surface area contributed by atoms with Gasteiger partial charge in [0.2, 0.25) is 5.91 Å². The molecule has 1 aromatic carbocycles. The van der Waals surface area contributed by atoms with Crippen LogP contribution in [-0.2, 0) is 11.2 Å². The molecule has 2 heterocycles. The van der Waals surface area contributed by atoms with Crippen LogP contribution in [0.15, 0.2) is 44.9 Å². The fourth-order valence-corrected chi connectivity index (χ4v) is 4.15. The largest absolute Gasteiger partial charge is 0.342 e. The molecular weight excluding hydrogens is 338 g/mol. The molecule has 0 radical (unpaired) electrons. The second-order valence-electron chi connectivity index (χ2n) is 6.24. The molecule has 1 aliphatic heterocycles. The Kier molecular flexibility index (Phi) is 5.43. The number of piperidine rings is 1. The van der Waals surface area contributed by atoms with Crippen LogP contribution in [0.1, 0.15) is 24.0 Å². The molecule has 0 aliphatic carbocycles. The van der Waals surface area contributed by atoms with Gasteiger partial charge in [0.1, 0.15) is 0 Å². The zero-order valence-corrected chi connectivity index (χ0v) is 14.9. The minimum atomic E-state index is -0.560. The third-order valence-corrected chi connectivity index (χ3v) is 5.94. The smallest absolute Gasteiger partial charge is 0.325 e. The van der Waals surface area contributed by atoms with Gasteiger partial charge in [-0.25, -0.2) is 4.79 Å². The Bertz CT molecular complexity index is 866. The van der Waals surface area contributed by atoms with Crippen molar-refractivity contribution in [3.05, 3.63) is 62.4 Å². The lowest BCUT2D eigenvalue weighted by molar-refractivity contribution is -0.131. The fraction of sp³-hybridized carbons (Fsp3) is 0.389. The Balaban J connectivity index is 1.55. The highest BCUT2D eigenvalue weighted by Gasteiger charge is 2.24. The minimum Gasteiger partial charge on any atom is -0.342 e. The number of benzene rings is 1. The first-order valence-corrected chi connectivity index (χ1v) is 9.22. The summed E-state index contributed by atoms with van der Waals surface area (Å²) in [6.45, 7) is 3.51. The van der Waals surface area contributed by atoms with E-state index in [1.165, 1.54) is 16.7 Å². The first kappa shape index (κ1) is 17.5. The normalized spacial score (nSPS) is 15.3. The van der Waals surface area contributed by atoms with Crippen LogP contribution in [0.2, 0.25) is 0 Å². The van der Waals surface area contributed by atoms with Crippen molar-refractivity contribution in [2.45, 2.75) is 36.3 Å². The summed E-state index contributed by atoms with van der Waals surface area (Å²) >= 11 is 1.88. The van der Waals surface area contributed by atoms with Crippen LogP contribution in [0.5, 0.6) is 0 Å². The lowest BCUT2D eigenvalue weighted by Crippen LogP contribution is -2.41. The van der Waals surface area contributed by atoms with E-state index in [4.69, 9.17) is 0 Å². The zero-order chi connectivity index (χ0) is 17.8. The van der Waals surface area contributed by atoms with Gasteiger partial charge in [0, 0.05) is 35.0 Å². The second-order valence-corrected chi connectivity index (χ2v) is 7.58. The van der Waals surface area contributed by atoms with E-state index < -0.39 is 11.2 Å². The molecule has 132 valence electrons. The zero-order valence-electron chi connectivity index (χ0n) is 14.1. The van der Waals surface area contributed by atoms with Crippen molar-refractivity contribution in [3.8, 4) is 0 Å². The third-order valence-electron chi connectivity index (χ3n) is 4.42. The molecule has 25 heavy (non-hydrogen) atoms. The van der Waals surface area contributed by atoms with Crippen LogP contribution in [0, 0.1) is 6.92 Å². The van der Waals surface area contributed by atoms with Crippen molar-refractivity contribution in [3.63, 3.8) is 0 Å². The van der Waals surface area contributed by atoms with Gasteiger partial charge in [0.25, 0.3) is 5.56 Å². The lowest BCUT2D eigenvalue weighted by atomic mass is 10.1. The van der Waals surface area contributed by atoms with Gasteiger partial charge in [-0.15, -0.1) is 11.8 Å². The maximum atomic E-state index is 12.4. The average Bonchev–Trinajstić information content (AvgIpc) is 2.60.